The summed E-state index contributed by atoms with van der Waals surface area (Å²) < 4.78 is 54.1. The molecule has 0 radical (unpaired) electrons. The maximum absolute atomic E-state index is 13.8. The Hall–Kier alpha value is -4.07. The normalized spacial score (nSPS) is 12.3. The van der Waals surface area contributed by atoms with Gasteiger partial charge in [-0.15, -0.1) is 0 Å². The first kappa shape index (κ1) is 29.5. The third-order valence-electron chi connectivity index (χ3n) is 6.02. The predicted octanol–water partition coefficient (Wildman–Crippen LogP) is 4.25. The maximum atomic E-state index is 13.8. The second-order valence-corrected chi connectivity index (χ2v) is 8.96. The Morgan fingerprint density at radius 3 is 2.15 bits per heavy atom. The molecule has 0 aliphatic heterocycles. The van der Waals surface area contributed by atoms with Crippen molar-refractivity contribution in [3.63, 3.8) is 0 Å². The summed E-state index contributed by atoms with van der Waals surface area (Å²) >= 11 is 0. The molecule has 1 aromatic heterocycles. The Kier molecular flexibility index (Phi) is 10.7. The molecule has 0 aliphatic rings. The zero-order chi connectivity index (χ0) is 28.4. The van der Waals surface area contributed by atoms with Crippen molar-refractivity contribution in [2.24, 2.45) is 17.4 Å². The lowest BCUT2D eigenvalue weighted by Gasteiger charge is -2.18. The highest BCUT2D eigenvalue weighted by atomic mass is 19.2. The van der Waals surface area contributed by atoms with Gasteiger partial charge in [0.05, 0.1) is 6.04 Å². The van der Waals surface area contributed by atoms with Gasteiger partial charge in [-0.25, -0.2) is 8.78 Å². The summed E-state index contributed by atoms with van der Waals surface area (Å²) in [6.07, 6.45) is 2.16. The minimum atomic E-state index is -1.79. The zero-order valence-corrected chi connectivity index (χ0v) is 21.0. The quantitative estimate of drug-likeness (QED) is 0.146. The van der Waals surface area contributed by atoms with E-state index in [1.165, 1.54) is 24.3 Å². The molecule has 10 heteroatoms. The number of hydrogen-bond acceptors (Lipinski definition) is 5. The van der Waals surface area contributed by atoms with Crippen molar-refractivity contribution >= 4 is 17.4 Å². The molecule has 39 heavy (non-hydrogen) atoms. The molecular formula is C29H28F4N4O2. The molecule has 0 aliphatic carbocycles. The van der Waals surface area contributed by atoms with Crippen LogP contribution >= 0.6 is 0 Å². The highest BCUT2D eigenvalue weighted by Crippen LogP contribution is 2.20. The summed E-state index contributed by atoms with van der Waals surface area (Å²) in [4.78, 5) is 28.3. The van der Waals surface area contributed by atoms with Gasteiger partial charge in [0.2, 0.25) is 5.91 Å². The molecule has 0 saturated carbocycles. The highest BCUT2D eigenvalue weighted by molar-refractivity contribution is 5.96. The molecule has 0 bridgehead atoms. The summed E-state index contributed by atoms with van der Waals surface area (Å²) in [6.45, 7) is 0.463. The van der Waals surface area contributed by atoms with Gasteiger partial charge in [-0.3, -0.25) is 9.59 Å². The second kappa shape index (κ2) is 14.2. The number of carbonyl (C=O) groups excluding carboxylic acids is 2. The van der Waals surface area contributed by atoms with Gasteiger partial charge in [-0.1, -0.05) is 48.6 Å². The molecule has 0 saturated heterocycles. The van der Waals surface area contributed by atoms with E-state index >= 15 is 0 Å². The summed E-state index contributed by atoms with van der Waals surface area (Å²) in [6, 6.07) is 14.5. The number of nitrogens with one attached hydrogen (secondary N) is 1. The van der Waals surface area contributed by atoms with Crippen molar-refractivity contribution in [1.29, 1.82) is 0 Å². The van der Waals surface area contributed by atoms with Crippen LogP contribution in [0, 0.1) is 41.3 Å². The molecule has 2 atom stereocenters. The summed E-state index contributed by atoms with van der Waals surface area (Å²) in [5, 5.41) is 2.76. The van der Waals surface area contributed by atoms with Gasteiger partial charge in [0.1, 0.15) is 5.56 Å². The number of carbonyl (C=O) groups is 2. The summed E-state index contributed by atoms with van der Waals surface area (Å²) in [5.74, 6) is -3.69. The fourth-order valence-corrected chi connectivity index (χ4v) is 3.85. The van der Waals surface area contributed by atoms with Crippen LogP contribution < -0.4 is 16.8 Å². The first-order valence-corrected chi connectivity index (χ1v) is 12.3. The zero-order valence-electron chi connectivity index (χ0n) is 21.0. The average Bonchev–Trinajstić information content (AvgIpc) is 2.92. The fraction of sp³-hybridized carbons (Fsp3) is 0.276. The summed E-state index contributed by atoms with van der Waals surface area (Å²) in [5.41, 5.74) is 12.2. The number of amides is 1. The van der Waals surface area contributed by atoms with Crippen molar-refractivity contribution < 1.29 is 27.2 Å². The number of rotatable bonds is 11. The maximum Gasteiger partial charge on any atom is 0.253 e. The van der Waals surface area contributed by atoms with Gasteiger partial charge >= 0.3 is 0 Å². The highest BCUT2D eigenvalue weighted by Gasteiger charge is 2.25. The van der Waals surface area contributed by atoms with Crippen LogP contribution in [0.15, 0.2) is 54.6 Å². The first-order chi connectivity index (χ1) is 18.7. The Labute approximate surface area is 223 Å². The van der Waals surface area contributed by atoms with Crippen LogP contribution in [-0.4, -0.2) is 29.3 Å². The van der Waals surface area contributed by atoms with Crippen molar-refractivity contribution in [2.75, 3.05) is 11.9 Å². The van der Waals surface area contributed by atoms with Gasteiger partial charge in [-0.05, 0) is 55.6 Å². The number of nitrogens with zero attached hydrogens (tertiary/aromatic N) is 1. The van der Waals surface area contributed by atoms with Crippen molar-refractivity contribution in [3.8, 4) is 11.8 Å². The Bertz CT molecular complexity index is 1330. The van der Waals surface area contributed by atoms with Crippen LogP contribution in [-0.2, 0) is 16.0 Å². The third-order valence-corrected chi connectivity index (χ3v) is 6.02. The van der Waals surface area contributed by atoms with E-state index in [9.17, 15) is 27.2 Å². The summed E-state index contributed by atoms with van der Waals surface area (Å²) in [7, 11) is 0. The molecule has 6 nitrogen and oxygen atoms in total. The van der Waals surface area contributed by atoms with Crippen LogP contribution in [0.25, 0.3) is 0 Å². The molecule has 0 fully saturated rings. The number of nitrogens with two attached hydrogens (primary N) is 2. The topological polar surface area (TPSA) is 111 Å². The van der Waals surface area contributed by atoms with E-state index in [1.807, 2.05) is 30.3 Å². The largest absolute Gasteiger partial charge is 0.330 e. The van der Waals surface area contributed by atoms with Crippen LogP contribution in [0.3, 0.4) is 0 Å². The Morgan fingerprint density at radius 2 is 1.54 bits per heavy atom. The molecular weight excluding hydrogens is 512 g/mol. The van der Waals surface area contributed by atoms with E-state index in [2.05, 4.69) is 22.1 Å². The van der Waals surface area contributed by atoms with Gasteiger partial charge in [0.25, 0.3) is 11.9 Å². The number of Topliss-reactive ketones (excluding diaryl/α,β-unsaturated/α-hetero) is 1. The van der Waals surface area contributed by atoms with E-state index in [-0.39, 0.29) is 23.7 Å². The molecule has 0 spiro atoms. The molecule has 1 heterocycles. The molecule has 3 rings (SSSR count). The fourth-order valence-electron chi connectivity index (χ4n) is 3.85. The second-order valence-electron chi connectivity index (χ2n) is 8.96. The number of unbranched alkanes of at least 4 members (excludes halogenated alkanes) is 1. The minimum absolute atomic E-state index is 0.0237. The monoisotopic (exact) mass is 540 g/mol. The number of hydrogen-bond donors (Lipinski definition) is 3. The lowest BCUT2D eigenvalue weighted by atomic mass is 9.91. The van der Waals surface area contributed by atoms with Crippen molar-refractivity contribution in [2.45, 2.75) is 38.1 Å². The molecule has 3 aromatic rings. The minimum Gasteiger partial charge on any atom is -0.330 e. The van der Waals surface area contributed by atoms with Gasteiger partial charge in [-0.2, -0.15) is 13.8 Å². The number of anilines is 1. The van der Waals surface area contributed by atoms with E-state index in [0.29, 0.717) is 37.9 Å². The van der Waals surface area contributed by atoms with Crippen LogP contribution in [0.1, 0.15) is 42.4 Å². The third kappa shape index (κ3) is 8.46. The van der Waals surface area contributed by atoms with E-state index in [4.69, 9.17) is 11.5 Å². The van der Waals surface area contributed by atoms with Gasteiger partial charge in [0, 0.05) is 23.6 Å². The van der Waals surface area contributed by atoms with Crippen LogP contribution in [0.4, 0.5) is 23.2 Å². The lowest BCUT2D eigenvalue weighted by Crippen LogP contribution is -2.36. The standard InChI is InChI=1S/C29H28F4N4O2/c30-25-22(26(31)28(33)37-27(25)32)14-11-18-9-12-21(13-10-18)36-29(39)20(8-4-5-15-34)17-24(38)23(35)16-19-6-2-1-3-7-19/h1-3,6-7,9-10,12-13,20,23H,4-5,8,15-17,34-35H2,(H,36,39). The smallest absolute Gasteiger partial charge is 0.253 e. The lowest BCUT2D eigenvalue weighted by molar-refractivity contribution is -0.127. The van der Waals surface area contributed by atoms with E-state index in [1.54, 1.807) is 0 Å². The number of benzene rings is 2. The first-order valence-electron chi connectivity index (χ1n) is 12.3. The van der Waals surface area contributed by atoms with Crippen LogP contribution in [0.2, 0.25) is 0 Å². The van der Waals surface area contributed by atoms with Gasteiger partial charge in [0.15, 0.2) is 17.4 Å². The predicted molar refractivity (Wildman–Crippen MR) is 139 cm³/mol. The van der Waals surface area contributed by atoms with Crippen molar-refractivity contribution in [3.05, 3.63) is 94.8 Å². The molecule has 2 unspecified atom stereocenters. The van der Waals surface area contributed by atoms with Crippen LogP contribution in [0.5, 0.6) is 0 Å². The molecule has 1 amide bonds. The average molecular weight is 541 g/mol. The van der Waals surface area contributed by atoms with E-state index in [0.717, 1.165) is 5.56 Å². The van der Waals surface area contributed by atoms with Gasteiger partial charge < -0.3 is 16.8 Å². The SMILES string of the molecule is NCCCCC(CC(=O)C(N)Cc1ccccc1)C(=O)Nc1ccc(C#Cc2c(F)c(F)nc(F)c2F)cc1. The molecule has 5 N–H and O–H groups in total. The number of pyridine rings is 1. The number of halogens is 4. The Morgan fingerprint density at radius 1 is 0.897 bits per heavy atom. The van der Waals surface area contributed by atoms with E-state index < -0.39 is 41.1 Å². The number of ketones is 1. The Balaban J connectivity index is 1.67. The van der Waals surface area contributed by atoms with Crippen molar-refractivity contribution in [1.82, 2.24) is 4.98 Å². The molecule has 2 aromatic carbocycles. The molecule has 204 valence electrons. The number of aromatic nitrogens is 1.